The molecule has 1 aromatic heterocycles. The largest absolute Gasteiger partial charge is 0.496 e. The Bertz CT molecular complexity index is 753. The van der Waals surface area contributed by atoms with Crippen molar-refractivity contribution in [2.75, 3.05) is 7.11 Å². The van der Waals surface area contributed by atoms with Crippen LogP contribution in [0.1, 0.15) is 49.7 Å². The third-order valence-electron chi connectivity index (χ3n) is 5.43. The third-order valence-corrected chi connectivity index (χ3v) is 6.46. The second kappa shape index (κ2) is 6.20. The molecular weight excluding hydrogens is 320 g/mol. The molecule has 1 aliphatic rings. The number of carbonyl (C=O) groups is 1. The van der Waals surface area contributed by atoms with E-state index in [2.05, 4.69) is 31.1 Å². The normalized spacial score (nSPS) is 22.3. The van der Waals surface area contributed by atoms with Crippen LogP contribution in [0.2, 0.25) is 0 Å². The highest BCUT2D eigenvalue weighted by Crippen LogP contribution is 2.45. The Morgan fingerprint density at radius 1 is 1.25 bits per heavy atom. The van der Waals surface area contributed by atoms with Gasteiger partial charge in [-0.1, -0.05) is 32.4 Å². The highest BCUT2D eigenvalue weighted by Gasteiger charge is 2.46. The summed E-state index contributed by atoms with van der Waals surface area (Å²) in [6, 6.07) is 7.73. The summed E-state index contributed by atoms with van der Waals surface area (Å²) in [5.41, 5.74) is 0.855. The van der Waals surface area contributed by atoms with Crippen molar-refractivity contribution in [2.45, 2.75) is 45.6 Å². The first-order chi connectivity index (χ1) is 11.4. The highest BCUT2D eigenvalue weighted by molar-refractivity contribution is 7.17. The molecule has 3 rings (SSSR count). The zero-order valence-corrected chi connectivity index (χ0v) is 15.5. The molecule has 1 N–H and O–H groups in total. The molecule has 1 amide bonds. The molecule has 1 aromatic carbocycles. The number of para-hydroxylation sites is 1. The van der Waals surface area contributed by atoms with Crippen molar-refractivity contribution in [3.05, 3.63) is 35.3 Å². The fourth-order valence-corrected chi connectivity index (χ4v) is 4.21. The molecule has 5 heteroatoms. The van der Waals surface area contributed by atoms with Crippen molar-refractivity contribution in [2.24, 2.45) is 5.41 Å². The lowest BCUT2D eigenvalue weighted by atomic mass is 9.76. The van der Waals surface area contributed by atoms with E-state index in [1.807, 2.05) is 24.3 Å². The molecule has 0 bridgehead atoms. The minimum Gasteiger partial charge on any atom is -0.496 e. The molecular formula is C19H24N2O2S. The molecule has 1 heterocycles. The van der Waals surface area contributed by atoms with Crippen LogP contribution in [0.4, 0.5) is 0 Å². The molecule has 1 unspecified atom stereocenters. The van der Waals surface area contributed by atoms with Crippen molar-refractivity contribution in [3.8, 4) is 16.3 Å². The summed E-state index contributed by atoms with van der Waals surface area (Å²) in [6.07, 6.45) is 4.97. The maximum Gasteiger partial charge on any atom is 0.263 e. The highest BCUT2D eigenvalue weighted by atomic mass is 32.1. The van der Waals surface area contributed by atoms with Crippen LogP contribution in [0.5, 0.6) is 5.75 Å². The lowest BCUT2D eigenvalue weighted by Crippen LogP contribution is -2.52. The van der Waals surface area contributed by atoms with Gasteiger partial charge in [0, 0.05) is 5.54 Å². The van der Waals surface area contributed by atoms with E-state index < -0.39 is 0 Å². The van der Waals surface area contributed by atoms with E-state index in [4.69, 9.17) is 4.74 Å². The van der Waals surface area contributed by atoms with Gasteiger partial charge >= 0.3 is 0 Å². The van der Waals surface area contributed by atoms with E-state index in [1.165, 1.54) is 11.3 Å². The van der Waals surface area contributed by atoms with Gasteiger partial charge in [-0.05, 0) is 37.3 Å². The van der Waals surface area contributed by atoms with Crippen molar-refractivity contribution in [3.63, 3.8) is 0 Å². The minimum atomic E-state index is -0.168. The Hall–Kier alpha value is -1.88. The summed E-state index contributed by atoms with van der Waals surface area (Å²) in [5, 5.41) is 4.05. The van der Waals surface area contributed by atoms with Gasteiger partial charge in [0.25, 0.3) is 5.91 Å². The molecule has 4 nitrogen and oxygen atoms in total. The van der Waals surface area contributed by atoms with Gasteiger partial charge in [-0.15, -0.1) is 11.3 Å². The predicted molar refractivity (Wildman–Crippen MR) is 97.6 cm³/mol. The predicted octanol–water partition coefficient (Wildman–Crippen LogP) is 4.52. The molecule has 1 fully saturated rings. The first-order valence-electron chi connectivity index (χ1n) is 8.28. The summed E-state index contributed by atoms with van der Waals surface area (Å²) in [7, 11) is 1.64. The number of nitrogens with zero attached hydrogens (tertiary/aromatic N) is 1. The van der Waals surface area contributed by atoms with Gasteiger partial charge in [0.1, 0.15) is 15.6 Å². The molecule has 128 valence electrons. The van der Waals surface area contributed by atoms with E-state index in [9.17, 15) is 4.79 Å². The summed E-state index contributed by atoms with van der Waals surface area (Å²) in [4.78, 5) is 17.8. The van der Waals surface area contributed by atoms with Crippen LogP contribution in [0.3, 0.4) is 0 Å². The molecule has 0 radical (unpaired) electrons. The van der Waals surface area contributed by atoms with Crippen molar-refractivity contribution in [1.82, 2.24) is 10.3 Å². The van der Waals surface area contributed by atoms with E-state index in [1.54, 1.807) is 13.3 Å². The lowest BCUT2D eigenvalue weighted by Gasteiger charge is -2.39. The first kappa shape index (κ1) is 17.0. The zero-order chi connectivity index (χ0) is 17.4. The van der Waals surface area contributed by atoms with Crippen LogP contribution in [0.15, 0.2) is 30.5 Å². The van der Waals surface area contributed by atoms with E-state index >= 15 is 0 Å². The number of ether oxygens (including phenoxy) is 1. The van der Waals surface area contributed by atoms with Crippen LogP contribution >= 0.6 is 11.3 Å². The van der Waals surface area contributed by atoms with Gasteiger partial charge in [-0.25, -0.2) is 4.98 Å². The number of methoxy groups -OCH3 is 1. The summed E-state index contributed by atoms with van der Waals surface area (Å²) in [5.74, 6) is 0.730. The first-order valence-corrected chi connectivity index (χ1v) is 9.10. The number of hydrogen-bond donors (Lipinski definition) is 1. The number of benzene rings is 1. The molecule has 1 saturated carbocycles. The topological polar surface area (TPSA) is 51.2 Å². The molecule has 1 atom stereocenters. The molecule has 2 aromatic rings. The Morgan fingerprint density at radius 3 is 2.67 bits per heavy atom. The maximum absolute atomic E-state index is 12.7. The van der Waals surface area contributed by atoms with Gasteiger partial charge in [-0.2, -0.15) is 0 Å². The van der Waals surface area contributed by atoms with E-state index in [-0.39, 0.29) is 16.9 Å². The number of hydrogen-bond acceptors (Lipinski definition) is 4. The Balaban J connectivity index is 1.82. The van der Waals surface area contributed by atoms with E-state index in [0.29, 0.717) is 4.88 Å². The summed E-state index contributed by atoms with van der Waals surface area (Å²) < 4.78 is 5.39. The second-order valence-electron chi connectivity index (χ2n) is 7.25. The van der Waals surface area contributed by atoms with Crippen LogP contribution < -0.4 is 10.1 Å². The van der Waals surface area contributed by atoms with E-state index in [0.717, 1.165) is 35.6 Å². The summed E-state index contributed by atoms with van der Waals surface area (Å²) in [6.45, 7) is 6.61. The number of aromatic nitrogens is 1. The van der Waals surface area contributed by atoms with Gasteiger partial charge in [0.2, 0.25) is 0 Å². The van der Waals surface area contributed by atoms with Crippen molar-refractivity contribution < 1.29 is 9.53 Å². The van der Waals surface area contributed by atoms with Gasteiger partial charge in [-0.3, -0.25) is 4.79 Å². The fraction of sp³-hybridized carbons (Fsp3) is 0.474. The third kappa shape index (κ3) is 2.93. The standard InChI is InChI=1S/C19H24N2O2S/c1-18(2)10-7-11-19(18,3)21-16(22)15-12-20-17(24-15)13-8-5-6-9-14(13)23-4/h5-6,8-9,12H,7,10-11H2,1-4H3,(H,21,22). The van der Waals surface area contributed by atoms with Gasteiger partial charge in [0.15, 0.2) is 0 Å². The Labute approximate surface area is 147 Å². The average molecular weight is 344 g/mol. The fourth-order valence-electron chi connectivity index (χ4n) is 3.37. The second-order valence-corrected chi connectivity index (χ2v) is 8.28. The van der Waals surface area contributed by atoms with Crippen LogP contribution in [0.25, 0.3) is 10.6 Å². The number of carbonyl (C=O) groups excluding carboxylic acids is 1. The zero-order valence-electron chi connectivity index (χ0n) is 14.7. The minimum absolute atomic E-state index is 0.0360. The number of amides is 1. The number of rotatable bonds is 4. The quantitative estimate of drug-likeness (QED) is 0.887. The number of nitrogens with one attached hydrogen (secondary N) is 1. The number of thiazole rings is 1. The molecule has 24 heavy (non-hydrogen) atoms. The van der Waals surface area contributed by atoms with Crippen molar-refractivity contribution in [1.29, 1.82) is 0 Å². The van der Waals surface area contributed by atoms with Crippen LogP contribution in [-0.2, 0) is 0 Å². The lowest BCUT2D eigenvalue weighted by molar-refractivity contribution is 0.0833. The van der Waals surface area contributed by atoms with Gasteiger partial charge < -0.3 is 10.1 Å². The smallest absolute Gasteiger partial charge is 0.263 e. The van der Waals surface area contributed by atoms with Crippen LogP contribution in [0, 0.1) is 5.41 Å². The maximum atomic E-state index is 12.7. The molecule has 1 aliphatic carbocycles. The Kier molecular flexibility index (Phi) is 4.38. The Morgan fingerprint density at radius 2 is 2.00 bits per heavy atom. The monoisotopic (exact) mass is 344 g/mol. The van der Waals surface area contributed by atoms with Crippen LogP contribution in [-0.4, -0.2) is 23.5 Å². The van der Waals surface area contributed by atoms with Gasteiger partial charge in [0.05, 0.1) is 18.9 Å². The van der Waals surface area contributed by atoms with Crippen molar-refractivity contribution >= 4 is 17.2 Å². The SMILES string of the molecule is COc1ccccc1-c1ncc(C(=O)NC2(C)CCCC2(C)C)s1. The summed E-state index contributed by atoms with van der Waals surface area (Å²) >= 11 is 1.40. The molecule has 0 aliphatic heterocycles. The average Bonchev–Trinajstić information content (AvgIpc) is 3.13. The molecule has 0 spiro atoms. The molecule has 0 saturated heterocycles.